The highest BCUT2D eigenvalue weighted by Crippen LogP contribution is 2.02. The Labute approximate surface area is 118 Å². The number of hydrogen-bond acceptors (Lipinski definition) is 4. The van der Waals surface area contributed by atoms with Gasteiger partial charge in [0.15, 0.2) is 5.96 Å². The van der Waals surface area contributed by atoms with Gasteiger partial charge in [0.1, 0.15) is 6.04 Å². The van der Waals surface area contributed by atoms with Gasteiger partial charge >= 0.3 is 5.97 Å². The molecule has 0 bridgehead atoms. The minimum Gasteiger partial charge on any atom is -0.480 e. The molecule has 0 aromatic carbocycles. The molecular weight excluding hydrogens is 258 g/mol. The van der Waals surface area contributed by atoms with Crippen molar-refractivity contribution >= 4 is 18.1 Å². The van der Waals surface area contributed by atoms with Crippen LogP contribution in [0.2, 0.25) is 0 Å². The minimum absolute atomic E-state index is 0.00151. The molecule has 1 atom stereocenters. The maximum atomic E-state index is 11.0. The number of aliphatic imine (C=N–C) groups is 2. The molecule has 0 radical (unpaired) electrons. The topological polar surface area (TPSA) is 140 Å². The van der Waals surface area contributed by atoms with Gasteiger partial charge in [-0.05, 0) is 31.2 Å². The van der Waals surface area contributed by atoms with Crippen molar-refractivity contribution in [1.29, 1.82) is 0 Å². The summed E-state index contributed by atoms with van der Waals surface area (Å²) in [6.07, 6.45) is 12.3. The lowest BCUT2D eigenvalue weighted by atomic mass is 10.1. The van der Waals surface area contributed by atoms with Gasteiger partial charge in [-0.3, -0.25) is 9.98 Å². The normalized spacial score (nSPS) is 13.6. The summed E-state index contributed by atoms with van der Waals surface area (Å²) in [6.45, 7) is 0.394. The van der Waals surface area contributed by atoms with Crippen molar-refractivity contribution in [2.75, 3.05) is 6.54 Å². The van der Waals surface area contributed by atoms with E-state index in [2.05, 4.69) is 9.98 Å². The van der Waals surface area contributed by atoms with Gasteiger partial charge in [-0.15, -0.1) is 0 Å². The molecule has 0 aliphatic rings. The second kappa shape index (κ2) is 11.5. The first-order valence-corrected chi connectivity index (χ1v) is 6.09. The average molecular weight is 279 g/mol. The highest BCUT2D eigenvalue weighted by Gasteiger charge is 2.13. The molecule has 0 aromatic rings. The molecule has 0 aliphatic carbocycles. The molecule has 0 aromatic heterocycles. The maximum absolute atomic E-state index is 11.0. The fourth-order valence-electron chi connectivity index (χ4n) is 1.21. The van der Waals surface area contributed by atoms with E-state index in [1.165, 1.54) is 12.4 Å². The zero-order valence-electron chi connectivity index (χ0n) is 11.2. The van der Waals surface area contributed by atoms with Gasteiger partial charge in [0.05, 0.1) is 0 Å². The molecule has 0 saturated heterocycles. The molecule has 0 fully saturated rings. The number of hydrogen-bond donors (Lipinski definition) is 4. The molecule has 0 aliphatic heterocycles. The highest BCUT2D eigenvalue weighted by atomic mass is 16.4. The third-order valence-corrected chi connectivity index (χ3v) is 2.12. The van der Waals surface area contributed by atoms with Crippen LogP contribution in [-0.4, -0.2) is 35.8 Å². The van der Waals surface area contributed by atoms with Gasteiger partial charge in [0.25, 0.3) is 0 Å². The van der Waals surface area contributed by atoms with E-state index in [4.69, 9.17) is 22.3 Å². The van der Waals surface area contributed by atoms with E-state index in [1.54, 1.807) is 30.4 Å². The van der Waals surface area contributed by atoms with Crippen molar-refractivity contribution in [3.05, 3.63) is 36.6 Å². The Hall–Kier alpha value is -2.57. The Morgan fingerprint density at radius 3 is 2.40 bits per heavy atom. The SMILES string of the molecule is N\C=C/C=C/C=C/C=NC(CCCN=C(N)N)C(=O)O. The molecule has 0 heterocycles. The number of aliphatic carboxylic acids is 1. The first-order chi connectivity index (χ1) is 9.57. The lowest BCUT2D eigenvalue weighted by Crippen LogP contribution is -2.23. The standard InChI is InChI=1S/C13H21N5O2/c14-8-4-2-1-3-5-9-17-11(12(19)20)7-6-10-18-13(15)16/h1-5,8-9,11H,6-7,10,14H2,(H,19,20)(H4,15,16,18)/b2-1+,5-3+,8-4-,17-9?. The minimum atomic E-state index is -0.971. The smallest absolute Gasteiger partial charge is 0.328 e. The summed E-state index contributed by atoms with van der Waals surface area (Å²) >= 11 is 0. The second-order valence-electron chi connectivity index (χ2n) is 3.76. The van der Waals surface area contributed by atoms with E-state index >= 15 is 0 Å². The van der Waals surface area contributed by atoms with Gasteiger partial charge in [-0.1, -0.05) is 18.2 Å². The first kappa shape index (κ1) is 17.4. The highest BCUT2D eigenvalue weighted by molar-refractivity contribution is 5.79. The molecule has 7 heteroatoms. The van der Waals surface area contributed by atoms with Crippen molar-refractivity contribution in [3.63, 3.8) is 0 Å². The zero-order valence-corrected chi connectivity index (χ0v) is 11.2. The molecule has 7 N–H and O–H groups in total. The Morgan fingerprint density at radius 1 is 1.15 bits per heavy atom. The molecule has 0 rings (SSSR count). The Bertz CT molecular complexity index is 420. The Kier molecular flexibility index (Phi) is 10.0. The molecular formula is C13H21N5O2. The van der Waals surface area contributed by atoms with Gasteiger partial charge in [-0.25, -0.2) is 4.79 Å². The van der Waals surface area contributed by atoms with E-state index < -0.39 is 12.0 Å². The van der Waals surface area contributed by atoms with Gasteiger partial charge < -0.3 is 22.3 Å². The number of carbonyl (C=O) groups is 1. The third-order valence-electron chi connectivity index (χ3n) is 2.12. The summed E-state index contributed by atoms with van der Waals surface area (Å²) in [5.74, 6) is -0.970. The second-order valence-corrected chi connectivity index (χ2v) is 3.76. The van der Waals surface area contributed by atoms with Crippen LogP contribution < -0.4 is 17.2 Å². The monoisotopic (exact) mass is 279 g/mol. The summed E-state index contributed by atoms with van der Waals surface area (Å²) in [5.41, 5.74) is 15.5. The maximum Gasteiger partial charge on any atom is 0.328 e. The van der Waals surface area contributed by atoms with Gasteiger partial charge in [0, 0.05) is 12.8 Å². The number of rotatable bonds is 9. The largest absolute Gasteiger partial charge is 0.480 e. The van der Waals surface area contributed by atoms with Crippen LogP contribution in [0.25, 0.3) is 0 Å². The zero-order chi connectivity index (χ0) is 15.2. The fraction of sp³-hybridized carbons (Fsp3) is 0.308. The van der Waals surface area contributed by atoms with Crippen molar-refractivity contribution in [2.45, 2.75) is 18.9 Å². The lowest BCUT2D eigenvalue weighted by Gasteiger charge is -2.05. The van der Waals surface area contributed by atoms with Crippen LogP contribution in [0.4, 0.5) is 0 Å². The van der Waals surface area contributed by atoms with Crippen molar-refractivity contribution in [3.8, 4) is 0 Å². The van der Waals surface area contributed by atoms with Gasteiger partial charge in [0.2, 0.25) is 0 Å². The van der Waals surface area contributed by atoms with E-state index in [-0.39, 0.29) is 5.96 Å². The van der Waals surface area contributed by atoms with Crippen LogP contribution in [0.5, 0.6) is 0 Å². The molecule has 7 nitrogen and oxygen atoms in total. The summed E-state index contributed by atoms with van der Waals surface area (Å²) in [6, 6.07) is -0.790. The van der Waals surface area contributed by atoms with E-state index in [0.717, 1.165) is 0 Å². The van der Waals surface area contributed by atoms with Gasteiger partial charge in [-0.2, -0.15) is 0 Å². The molecule has 1 unspecified atom stereocenters. The van der Waals surface area contributed by atoms with Crippen LogP contribution in [-0.2, 0) is 4.79 Å². The quantitative estimate of drug-likeness (QED) is 0.206. The van der Waals surface area contributed by atoms with Crippen molar-refractivity contribution in [2.24, 2.45) is 27.2 Å². The van der Waals surface area contributed by atoms with E-state index in [0.29, 0.717) is 19.4 Å². The van der Waals surface area contributed by atoms with Crippen LogP contribution in [0, 0.1) is 0 Å². The third kappa shape index (κ3) is 10.6. The number of guanidine groups is 1. The number of nitrogens with zero attached hydrogens (tertiary/aromatic N) is 2. The van der Waals surface area contributed by atoms with Crippen molar-refractivity contribution < 1.29 is 9.90 Å². The average Bonchev–Trinajstić information content (AvgIpc) is 2.39. The fourth-order valence-corrected chi connectivity index (χ4v) is 1.21. The predicted octanol–water partition coefficient (Wildman–Crippen LogP) is 0.149. The molecule has 20 heavy (non-hydrogen) atoms. The Balaban J connectivity index is 4.20. The lowest BCUT2D eigenvalue weighted by molar-refractivity contribution is -0.138. The molecule has 110 valence electrons. The van der Waals surface area contributed by atoms with Crippen LogP contribution in [0.1, 0.15) is 12.8 Å². The summed E-state index contributed by atoms with van der Waals surface area (Å²) in [7, 11) is 0. The van der Waals surface area contributed by atoms with Crippen LogP contribution in [0.15, 0.2) is 46.6 Å². The number of carboxylic acids is 1. The predicted molar refractivity (Wildman–Crippen MR) is 81.4 cm³/mol. The molecule has 0 amide bonds. The van der Waals surface area contributed by atoms with E-state index in [9.17, 15) is 4.79 Å². The van der Waals surface area contributed by atoms with Crippen molar-refractivity contribution in [1.82, 2.24) is 0 Å². The van der Waals surface area contributed by atoms with E-state index in [1.807, 2.05) is 0 Å². The van der Waals surface area contributed by atoms with Crippen LogP contribution >= 0.6 is 0 Å². The number of carboxylic acid groups (broad SMARTS) is 1. The molecule has 0 spiro atoms. The molecule has 0 saturated carbocycles. The summed E-state index contributed by atoms with van der Waals surface area (Å²) in [5, 5.41) is 8.99. The number of nitrogens with two attached hydrogens (primary N) is 3. The van der Waals surface area contributed by atoms with Crippen LogP contribution in [0.3, 0.4) is 0 Å². The Morgan fingerprint density at radius 2 is 1.80 bits per heavy atom. The number of allylic oxidation sites excluding steroid dienone is 5. The summed E-state index contributed by atoms with van der Waals surface area (Å²) < 4.78 is 0. The first-order valence-electron chi connectivity index (χ1n) is 6.09. The summed E-state index contributed by atoms with van der Waals surface area (Å²) in [4.78, 5) is 18.7.